The number of imidazole rings is 2. The largest absolute Gasteiger partial charge is 0.472 e. The normalized spacial score (nSPS) is 30.9. The van der Waals surface area contributed by atoms with E-state index in [2.05, 4.69) is 34.9 Å². The van der Waals surface area contributed by atoms with E-state index in [0.29, 0.717) is 0 Å². The molecule has 0 bridgehead atoms. The first-order valence-electron chi connectivity index (χ1n) is 18.2. The van der Waals surface area contributed by atoms with E-state index in [-0.39, 0.29) is 46.1 Å². The molecule has 0 saturated carbocycles. The van der Waals surface area contributed by atoms with Gasteiger partial charge in [0, 0.05) is 18.2 Å². The second kappa shape index (κ2) is 16.7. The number of nitrogens with zero attached hydrogens (tertiary/aromatic N) is 8. The number of aromatic amines is 2. The molecule has 8 heterocycles. The number of hydrogen-bond donors (Lipinski definition) is 10. The van der Waals surface area contributed by atoms with Crippen LogP contribution in [0.2, 0.25) is 0 Å². The molecule has 0 amide bonds. The first kappa shape index (κ1) is 43.8. The Morgan fingerprint density at radius 3 is 2.16 bits per heavy atom. The third-order valence-electron chi connectivity index (χ3n) is 10.2. The summed E-state index contributed by atoms with van der Waals surface area (Å²) in [7, 11) is -10.6. The number of aryl methyl sites for hydroxylation is 1. The summed E-state index contributed by atoms with van der Waals surface area (Å²) in [5.74, 6) is -0.322. The van der Waals surface area contributed by atoms with Gasteiger partial charge in [0.1, 0.15) is 66.9 Å². The summed E-state index contributed by atoms with van der Waals surface area (Å²) in [6.07, 6.45) is -12.9. The van der Waals surface area contributed by atoms with Gasteiger partial charge < -0.3 is 55.9 Å². The molecule has 5 aromatic rings. The molecule has 8 rings (SSSR count). The number of H-pyrrole nitrogens is 2. The van der Waals surface area contributed by atoms with Crippen LogP contribution in [0.4, 0.5) is 11.8 Å². The van der Waals surface area contributed by atoms with E-state index in [9.17, 15) is 53.7 Å². The Bertz CT molecular complexity index is 2760. The van der Waals surface area contributed by atoms with Crippen molar-refractivity contribution >= 4 is 49.7 Å². The fourth-order valence-corrected chi connectivity index (χ4v) is 9.09. The zero-order valence-electron chi connectivity index (χ0n) is 31.7. The van der Waals surface area contributed by atoms with Crippen molar-refractivity contribution < 1.29 is 71.6 Å². The fourth-order valence-electron chi connectivity index (χ4n) is 7.16. The minimum absolute atomic E-state index is 0.0267. The van der Waals surface area contributed by atoms with E-state index >= 15 is 0 Å². The van der Waals surface area contributed by atoms with Crippen molar-refractivity contribution in [3.8, 4) is 0 Å². The summed E-state index contributed by atoms with van der Waals surface area (Å²) in [5, 5.41) is 43.0. The molecule has 62 heavy (non-hydrogen) atoms. The summed E-state index contributed by atoms with van der Waals surface area (Å²) < 4.78 is 68.4. The number of aliphatic hydroxyl groups excluding tert-OH is 4. The molecule has 0 radical (unpaired) electrons. The maximum absolute atomic E-state index is 13.5. The summed E-state index contributed by atoms with van der Waals surface area (Å²) >= 11 is 0. The van der Waals surface area contributed by atoms with Gasteiger partial charge in [-0.25, -0.2) is 33.9 Å². The Hall–Kier alpha value is -4.88. The van der Waals surface area contributed by atoms with Crippen LogP contribution in [0.15, 0.2) is 39.6 Å². The van der Waals surface area contributed by atoms with Crippen molar-refractivity contribution in [2.75, 3.05) is 31.3 Å². The van der Waals surface area contributed by atoms with Crippen molar-refractivity contribution in [2.45, 2.75) is 80.9 Å². The smallest absolute Gasteiger partial charge is 0.394 e. The zero-order valence-corrected chi connectivity index (χ0v) is 33.5. The van der Waals surface area contributed by atoms with E-state index in [4.69, 9.17) is 43.8 Å². The molecule has 3 fully saturated rings. The molecule has 30 nitrogen and oxygen atoms in total. The van der Waals surface area contributed by atoms with E-state index in [1.54, 1.807) is 0 Å². The highest BCUT2D eigenvalue weighted by Crippen LogP contribution is 2.52. The zero-order chi connectivity index (χ0) is 44.4. The van der Waals surface area contributed by atoms with Crippen LogP contribution in [0.3, 0.4) is 0 Å². The number of phosphoric ester groups is 2. The lowest BCUT2D eigenvalue weighted by Gasteiger charge is -2.25. The maximum Gasteiger partial charge on any atom is 0.472 e. The van der Waals surface area contributed by atoms with E-state index in [0.717, 1.165) is 21.8 Å². The van der Waals surface area contributed by atoms with Gasteiger partial charge in [-0.05, 0) is 6.92 Å². The Labute approximate surface area is 343 Å². The monoisotopic (exact) mass is 916 g/mol. The van der Waals surface area contributed by atoms with Gasteiger partial charge in [0.25, 0.3) is 11.1 Å². The number of anilines is 2. The fraction of sp³-hybridized carbons (Fsp3) is 0.533. The van der Waals surface area contributed by atoms with E-state index < -0.39 is 120 Å². The van der Waals surface area contributed by atoms with Gasteiger partial charge in [0.2, 0.25) is 5.95 Å². The molecule has 3 saturated heterocycles. The van der Waals surface area contributed by atoms with Crippen LogP contribution in [0.1, 0.15) is 30.7 Å². The molecule has 12 N–H and O–H groups in total. The number of nitrogens with two attached hydrogens (primary N) is 2. The summed E-state index contributed by atoms with van der Waals surface area (Å²) in [5.41, 5.74) is 9.27. The highest BCUT2D eigenvalue weighted by molar-refractivity contribution is 7.47. The van der Waals surface area contributed by atoms with Crippen molar-refractivity contribution in [1.29, 1.82) is 0 Å². The Morgan fingerprint density at radius 1 is 0.790 bits per heavy atom. The molecular formula is C30H38N12O18P2. The van der Waals surface area contributed by atoms with Crippen LogP contribution in [0.25, 0.3) is 22.3 Å². The van der Waals surface area contributed by atoms with Crippen LogP contribution < -0.4 is 28.3 Å². The molecule has 0 aliphatic carbocycles. The van der Waals surface area contributed by atoms with Gasteiger partial charge in [-0.15, -0.1) is 0 Å². The molecule has 2 unspecified atom stereocenters. The van der Waals surface area contributed by atoms with Crippen molar-refractivity contribution in [3.05, 3.63) is 61.9 Å². The second-order valence-corrected chi connectivity index (χ2v) is 17.0. The molecule has 3 aliphatic rings. The lowest BCUT2D eigenvalue weighted by Crippen LogP contribution is -2.37. The highest BCUT2D eigenvalue weighted by Gasteiger charge is 2.52. The topological polar surface area (TPSA) is 434 Å². The standard InChI is InChI=1S/C30H38N12O18P2/c1-10-3-40(30(49)39-25(10)47)15-2-11(12(4-43)56-15)59-61(50,51)55-6-14-21(20(46)28(58-14)42-9-36-17-24(42)37-29(32)38-26(17)48)60-62(52,53)54-5-13-18(44)19(45)27(57-13)41-8-35-16-22(31)33-7-34-23(16)41/h3,7-9,11-15,18-21,27-28,43-46H,2,4-6H2,1H3,(H,50,51)(H,52,53)(H2,31,33,34)(H,39,47,49)(H3,32,37,38,48)/t11-,12+,13+,14+,15+,18+,19+,20+,21+,27+,28+/m0/s1. The van der Waals surface area contributed by atoms with Crippen LogP contribution in [0.5, 0.6) is 0 Å². The minimum atomic E-state index is -5.35. The van der Waals surface area contributed by atoms with Gasteiger partial charge >= 0.3 is 21.3 Å². The first-order chi connectivity index (χ1) is 29.3. The number of nitrogen functional groups attached to an aromatic ring is 2. The van der Waals surface area contributed by atoms with E-state index in [1.807, 2.05) is 0 Å². The lowest BCUT2D eigenvalue weighted by atomic mass is 10.1. The number of aromatic nitrogens is 10. The Morgan fingerprint density at radius 2 is 1.44 bits per heavy atom. The predicted octanol–water partition coefficient (Wildman–Crippen LogP) is -3.86. The number of aliphatic hydroxyl groups is 4. The van der Waals surface area contributed by atoms with Crippen LogP contribution >= 0.6 is 15.6 Å². The maximum atomic E-state index is 13.5. The van der Waals surface area contributed by atoms with Crippen LogP contribution in [-0.2, 0) is 41.4 Å². The molecule has 336 valence electrons. The van der Waals surface area contributed by atoms with E-state index in [1.165, 1.54) is 24.0 Å². The second-order valence-electron chi connectivity index (χ2n) is 14.2. The number of rotatable bonds is 14. The molecule has 5 aromatic heterocycles. The highest BCUT2D eigenvalue weighted by atomic mass is 31.2. The average Bonchev–Trinajstić information content (AvgIpc) is 4.04. The number of fused-ring (bicyclic) bond motifs is 2. The predicted molar refractivity (Wildman–Crippen MR) is 201 cm³/mol. The summed E-state index contributed by atoms with van der Waals surface area (Å²) in [4.78, 5) is 82.8. The van der Waals surface area contributed by atoms with Gasteiger partial charge in [-0.2, -0.15) is 4.98 Å². The third-order valence-corrected chi connectivity index (χ3v) is 12.2. The lowest BCUT2D eigenvalue weighted by molar-refractivity contribution is -0.0621. The molecule has 13 atom stereocenters. The first-order valence-corrected chi connectivity index (χ1v) is 21.2. The average molecular weight is 917 g/mol. The van der Waals surface area contributed by atoms with Crippen LogP contribution in [-0.4, -0.2) is 147 Å². The molecule has 0 aromatic carbocycles. The summed E-state index contributed by atoms with van der Waals surface area (Å²) in [6.45, 7) is -1.22. The number of hydrogen-bond acceptors (Lipinski definition) is 23. The SMILES string of the molecule is Cc1cn([C@H]2C[C@H](OP(=O)(O)OC[C@H]3O[C@@H](n4cnc5c(=O)[nH]c(N)nc54)[C@H](O)[C@@H]3OP(=O)(O)OC[C@H]3O[C@@H](n4cnc5c(N)ncnc54)[C@H](O)[C@@H]3O)[C@@H](CO)O2)c(=O)[nH]c1=O. The molecule has 32 heteroatoms. The third kappa shape index (κ3) is 8.34. The van der Waals surface area contributed by atoms with Crippen LogP contribution in [0, 0.1) is 6.92 Å². The minimum Gasteiger partial charge on any atom is -0.394 e. The van der Waals surface area contributed by atoms with Gasteiger partial charge in [-0.3, -0.25) is 51.4 Å². The molecule has 3 aliphatic heterocycles. The van der Waals surface area contributed by atoms with Gasteiger partial charge in [0.05, 0.1) is 32.5 Å². The summed E-state index contributed by atoms with van der Waals surface area (Å²) in [6, 6.07) is 0. The Balaban J connectivity index is 0.985. The van der Waals surface area contributed by atoms with Crippen molar-refractivity contribution in [3.63, 3.8) is 0 Å². The van der Waals surface area contributed by atoms with Crippen molar-refractivity contribution in [1.82, 2.24) is 48.6 Å². The molecular weight excluding hydrogens is 878 g/mol. The van der Waals surface area contributed by atoms with Gasteiger partial charge in [0.15, 0.2) is 35.1 Å². The number of nitrogens with one attached hydrogen (secondary N) is 2. The van der Waals surface area contributed by atoms with Crippen molar-refractivity contribution in [2.24, 2.45) is 0 Å². The molecule has 0 spiro atoms. The number of ether oxygens (including phenoxy) is 3. The quantitative estimate of drug-likeness (QED) is 0.0477. The Kier molecular flexibility index (Phi) is 11.8. The van der Waals surface area contributed by atoms with Gasteiger partial charge in [-0.1, -0.05) is 0 Å². The number of phosphoric acid groups is 2.